The highest BCUT2D eigenvalue weighted by Crippen LogP contribution is 2.13. The molecule has 0 radical (unpaired) electrons. The molecule has 3 aromatic carbocycles. The van der Waals surface area contributed by atoms with E-state index in [0.717, 1.165) is 0 Å². The van der Waals surface area contributed by atoms with E-state index in [1.54, 1.807) is 54.6 Å². The molecule has 168 valence electrons. The van der Waals surface area contributed by atoms with Crippen LogP contribution in [0.5, 0.6) is 0 Å². The van der Waals surface area contributed by atoms with E-state index >= 15 is 0 Å². The largest absolute Gasteiger partial charge is 0.449 e. The van der Waals surface area contributed by atoms with E-state index in [0.29, 0.717) is 17.1 Å². The topological polar surface area (TPSA) is 126 Å². The van der Waals surface area contributed by atoms with Crippen molar-refractivity contribution >= 4 is 41.0 Å². The maximum atomic E-state index is 12.3. The van der Waals surface area contributed by atoms with Crippen molar-refractivity contribution in [2.45, 2.75) is 13.0 Å². The Morgan fingerprint density at radius 3 is 1.61 bits per heavy atom. The summed E-state index contributed by atoms with van der Waals surface area (Å²) < 4.78 is 5.12. The second-order valence-electron chi connectivity index (χ2n) is 6.88. The second-order valence-corrected chi connectivity index (χ2v) is 6.88. The lowest BCUT2D eigenvalue weighted by Crippen LogP contribution is -2.41. The standard InChI is InChI=1S/C24H22N4O5/c1-16(21(29)28-24(32)26-19-10-6-3-7-11-19)33-22(30)17-12-14-20(15-13-17)27-23(31)25-18-8-4-2-5-9-18/h2-16H,1H3,(H2,25,27,31)(H2,26,28,29,32). The maximum Gasteiger partial charge on any atom is 0.338 e. The van der Waals surface area contributed by atoms with Gasteiger partial charge >= 0.3 is 18.0 Å². The third-order valence-corrected chi connectivity index (χ3v) is 4.33. The minimum atomic E-state index is -1.20. The molecule has 0 aromatic heterocycles. The highest BCUT2D eigenvalue weighted by atomic mass is 16.5. The zero-order valence-corrected chi connectivity index (χ0v) is 17.7. The predicted octanol–water partition coefficient (Wildman–Crippen LogP) is 4.22. The predicted molar refractivity (Wildman–Crippen MR) is 124 cm³/mol. The van der Waals surface area contributed by atoms with Crippen molar-refractivity contribution in [3.8, 4) is 0 Å². The van der Waals surface area contributed by atoms with Gasteiger partial charge in [-0.05, 0) is 55.5 Å². The van der Waals surface area contributed by atoms with Crippen molar-refractivity contribution in [3.05, 3.63) is 90.5 Å². The fraction of sp³-hybridized carbons (Fsp3) is 0.0833. The van der Waals surface area contributed by atoms with Crippen LogP contribution in [0.4, 0.5) is 26.7 Å². The average molecular weight is 446 g/mol. The zero-order valence-electron chi connectivity index (χ0n) is 17.7. The highest BCUT2D eigenvalue weighted by Gasteiger charge is 2.21. The number of imide groups is 1. The molecular weight excluding hydrogens is 424 g/mol. The summed E-state index contributed by atoms with van der Waals surface area (Å²) in [5.74, 6) is -1.52. The number of rotatable bonds is 6. The lowest BCUT2D eigenvalue weighted by atomic mass is 10.2. The first-order valence-corrected chi connectivity index (χ1v) is 10.0. The van der Waals surface area contributed by atoms with E-state index in [-0.39, 0.29) is 5.56 Å². The molecular formula is C24H22N4O5. The van der Waals surface area contributed by atoms with Crippen molar-refractivity contribution in [2.75, 3.05) is 16.0 Å². The first kappa shape index (κ1) is 23.0. The van der Waals surface area contributed by atoms with Crippen molar-refractivity contribution in [1.82, 2.24) is 5.32 Å². The van der Waals surface area contributed by atoms with Gasteiger partial charge in [-0.25, -0.2) is 14.4 Å². The summed E-state index contributed by atoms with van der Waals surface area (Å²) in [5, 5.41) is 9.94. The Balaban J connectivity index is 1.47. The van der Waals surface area contributed by atoms with E-state index in [9.17, 15) is 19.2 Å². The smallest absolute Gasteiger partial charge is 0.338 e. The van der Waals surface area contributed by atoms with Gasteiger partial charge in [0.25, 0.3) is 5.91 Å². The molecule has 9 heteroatoms. The summed E-state index contributed by atoms with van der Waals surface area (Å²) in [6.07, 6.45) is -1.20. The monoisotopic (exact) mass is 446 g/mol. The van der Waals surface area contributed by atoms with Gasteiger partial charge in [0.05, 0.1) is 5.56 Å². The number of nitrogens with one attached hydrogen (secondary N) is 4. The molecule has 0 bridgehead atoms. The van der Waals surface area contributed by atoms with Gasteiger partial charge in [-0.15, -0.1) is 0 Å². The summed E-state index contributed by atoms with van der Waals surface area (Å²) in [4.78, 5) is 48.4. The lowest BCUT2D eigenvalue weighted by molar-refractivity contribution is -0.127. The molecule has 3 rings (SSSR count). The first-order valence-electron chi connectivity index (χ1n) is 10.0. The van der Waals surface area contributed by atoms with Crippen LogP contribution in [0.1, 0.15) is 17.3 Å². The maximum absolute atomic E-state index is 12.3. The number of benzene rings is 3. The molecule has 3 aromatic rings. The molecule has 5 amide bonds. The van der Waals surface area contributed by atoms with Gasteiger partial charge in [-0.3, -0.25) is 10.1 Å². The van der Waals surface area contributed by atoms with Crippen molar-refractivity contribution in [3.63, 3.8) is 0 Å². The summed E-state index contributed by atoms with van der Waals surface area (Å²) >= 11 is 0. The second kappa shape index (κ2) is 11.1. The Morgan fingerprint density at radius 1 is 0.636 bits per heavy atom. The Bertz CT molecular complexity index is 1120. The van der Waals surface area contributed by atoms with Crippen LogP contribution in [-0.4, -0.2) is 30.0 Å². The number of amides is 5. The molecule has 0 heterocycles. The van der Waals surface area contributed by atoms with E-state index < -0.39 is 30.0 Å². The Labute approximate surface area is 190 Å². The fourth-order valence-corrected chi connectivity index (χ4v) is 2.68. The number of anilines is 3. The molecule has 9 nitrogen and oxygen atoms in total. The number of carbonyl (C=O) groups is 4. The van der Waals surface area contributed by atoms with Crippen LogP contribution >= 0.6 is 0 Å². The van der Waals surface area contributed by atoms with Crippen LogP contribution < -0.4 is 21.3 Å². The molecule has 0 saturated heterocycles. The highest BCUT2D eigenvalue weighted by molar-refractivity contribution is 6.03. The minimum Gasteiger partial charge on any atom is -0.449 e. The van der Waals surface area contributed by atoms with Gasteiger partial charge in [0, 0.05) is 17.1 Å². The number of hydrogen-bond acceptors (Lipinski definition) is 5. The Morgan fingerprint density at radius 2 is 1.09 bits per heavy atom. The molecule has 33 heavy (non-hydrogen) atoms. The Hall–Kier alpha value is -4.66. The van der Waals surface area contributed by atoms with Crippen molar-refractivity contribution < 1.29 is 23.9 Å². The summed E-state index contributed by atoms with van der Waals surface area (Å²) in [7, 11) is 0. The third kappa shape index (κ3) is 7.21. The van der Waals surface area contributed by atoms with Gasteiger partial charge in [0.2, 0.25) is 0 Å². The van der Waals surface area contributed by atoms with Crippen LogP contribution in [0.2, 0.25) is 0 Å². The van der Waals surface area contributed by atoms with Gasteiger partial charge in [0.1, 0.15) is 0 Å². The van der Waals surface area contributed by atoms with Crippen molar-refractivity contribution in [2.24, 2.45) is 0 Å². The van der Waals surface area contributed by atoms with Crippen LogP contribution in [-0.2, 0) is 9.53 Å². The molecule has 0 fully saturated rings. The van der Waals surface area contributed by atoms with Gasteiger partial charge < -0.3 is 20.7 Å². The minimum absolute atomic E-state index is 0.178. The van der Waals surface area contributed by atoms with Crippen LogP contribution in [0.15, 0.2) is 84.9 Å². The lowest BCUT2D eigenvalue weighted by Gasteiger charge is -2.14. The number of para-hydroxylation sites is 2. The summed E-state index contributed by atoms with van der Waals surface area (Å²) in [5.41, 5.74) is 1.79. The van der Waals surface area contributed by atoms with Crippen LogP contribution in [0.25, 0.3) is 0 Å². The number of ether oxygens (including phenoxy) is 1. The Kier molecular flexibility index (Phi) is 7.74. The molecule has 4 N–H and O–H groups in total. The first-order chi connectivity index (χ1) is 15.9. The molecule has 0 aliphatic carbocycles. The fourth-order valence-electron chi connectivity index (χ4n) is 2.68. The van der Waals surface area contributed by atoms with Gasteiger partial charge in [-0.1, -0.05) is 36.4 Å². The zero-order chi connectivity index (χ0) is 23.6. The van der Waals surface area contributed by atoms with Gasteiger partial charge in [0.15, 0.2) is 6.10 Å². The normalized spacial score (nSPS) is 10.9. The molecule has 0 saturated carbocycles. The molecule has 0 aliphatic rings. The van der Waals surface area contributed by atoms with E-state index in [2.05, 4.69) is 21.3 Å². The SMILES string of the molecule is CC(OC(=O)c1ccc(NC(=O)Nc2ccccc2)cc1)C(=O)NC(=O)Nc1ccccc1. The van der Waals surface area contributed by atoms with E-state index in [4.69, 9.17) is 4.74 Å². The third-order valence-electron chi connectivity index (χ3n) is 4.33. The van der Waals surface area contributed by atoms with Crippen molar-refractivity contribution in [1.29, 1.82) is 0 Å². The van der Waals surface area contributed by atoms with Crippen LogP contribution in [0, 0.1) is 0 Å². The molecule has 1 atom stereocenters. The number of hydrogen-bond donors (Lipinski definition) is 4. The average Bonchev–Trinajstić information content (AvgIpc) is 2.80. The number of esters is 1. The summed E-state index contributed by atoms with van der Waals surface area (Å²) in [6, 6.07) is 22.3. The van der Waals surface area contributed by atoms with E-state index in [1.807, 2.05) is 6.07 Å². The molecule has 0 spiro atoms. The van der Waals surface area contributed by atoms with Crippen LogP contribution in [0.3, 0.4) is 0 Å². The van der Waals surface area contributed by atoms with Gasteiger partial charge in [-0.2, -0.15) is 0 Å². The number of carbonyl (C=O) groups excluding carboxylic acids is 4. The number of urea groups is 2. The van der Waals surface area contributed by atoms with E-state index in [1.165, 1.54) is 31.2 Å². The molecule has 1 unspecified atom stereocenters. The molecule has 0 aliphatic heterocycles. The summed E-state index contributed by atoms with van der Waals surface area (Å²) in [6.45, 7) is 1.35. The quantitative estimate of drug-likeness (QED) is 0.422.